The highest BCUT2D eigenvalue weighted by molar-refractivity contribution is 8.00. The summed E-state index contributed by atoms with van der Waals surface area (Å²) in [6, 6.07) is 0. The van der Waals surface area contributed by atoms with Crippen LogP contribution >= 0.6 is 11.8 Å². The molecule has 2 rings (SSSR count). The number of ether oxygens (including phenoxy) is 1. The standard InChI is InChI=1S/C11H16N2O3S/c1-3-9(15-4-2)10-12-11(16-13-10)7-5-17-6-8(7)14/h7,9H,3-6H2,1-2H3. The van der Waals surface area contributed by atoms with Crippen molar-refractivity contribution in [2.75, 3.05) is 18.1 Å². The molecule has 5 nitrogen and oxygen atoms in total. The Labute approximate surface area is 104 Å². The van der Waals surface area contributed by atoms with E-state index in [2.05, 4.69) is 10.1 Å². The first-order valence-corrected chi connectivity index (χ1v) is 6.97. The third kappa shape index (κ3) is 2.69. The summed E-state index contributed by atoms with van der Waals surface area (Å²) in [5, 5.41) is 3.91. The second kappa shape index (κ2) is 5.64. The minimum atomic E-state index is -0.222. The minimum Gasteiger partial charge on any atom is -0.370 e. The molecule has 1 aliphatic heterocycles. The Morgan fingerprint density at radius 2 is 2.41 bits per heavy atom. The number of aromatic nitrogens is 2. The van der Waals surface area contributed by atoms with Crippen LogP contribution in [0.25, 0.3) is 0 Å². The summed E-state index contributed by atoms with van der Waals surface area (Å²) in [5.41, 5.74) is 0. The van der Waals surface area contributed by atoms with Crippen molar-refractivity contribution in [1.82, 2.24) is 10.1 Å². The molecule has 1 aliphatic rings. The van der Waals surface area contributed by atoms with E-state index in [1.165, 1.54) is 0 Å². The Morgan fingerprint density at radius 3 is 3.00 bits per heavy atom. The van der Waals surface area contributed by atoms with Crippen molar-refractivity contribution >= 4 is 17.5 Å². The van der Waals surface area contributed by atoms with Gasteiger partial charge in [0, 0.05) is 12.4 Å². The van der Waals surface area contributed by atoms with Crippen LogP contribution in [0.2, 0.25) is 0 Å². The largest absolute Gasteiger partial charge is 0.370 e. The fraction of sp³-hybridized carbons (Fsp3) is 0.727. The summed E-state index contributed by atoms with van der Waals surface area (Å²) in [6.45, 7) is 4.55. The van der Waals surface area contributed by atoms with Crippen LogP contribution in [-0.4, -0.2) is 34.0 Å². The van der Waals surface area contributed by atoms with Crippen molar-refractivity contribution in [2.24, 2.45) is 0 Å². The minimum absolute atomic E-state index is 0.137. The van der Waals surface area contributed by atoms with Crippen molar-refractivity contribution in [2.45, 2.75) is 32.3 Å². The van der Waals surface area contributed by atoms with E-state index in [0.29, 0.717) is 24.1 Å². The zero-order valence-electron chi connectivity index (χ0n) is 10.0. The second-order valence-corrected chi connectivity index (χ2v) is 4.91. The van der Waals surface area contributed by atoms with Gasteiger partial charge in [0.2, 0.25) is 11.7 Å². The Kier molecular flexibility index (Phi) is 4.17. The zero-order valence-corrected chi connectivity index (χ0v) is 10.8. The number of hydrogen-bond donors (Lipinski definition) is 0. The Hall–Kier alpha value is -0.880. The number of thioether (sulfide) groups is 1. The van der Waals surface area contributed by atoms with Gasteiger partial charge in [0.1, 0.15) is 12.0 Å². The van der Waals surface area contributed by atoms with E-state index in [1.807, 2.05) is 13.8 Å². The average Bonchev–Trinajstić information content (AvgIpc) is 2.94. The second-order valence-electron chi connectivity index (χ2n) is 3.88. The summed E-state index contributed by atoms with van der Waals surface area (Å²) in [5.74, 6) is 2.23. The molecule has 1 saturated heterocycles. The molecule has 94 valence electrons. The van der Waals surface area contributed by atoms with Crippen molar-refractivity contribution in [3.05, 3.63) is 11.7 Å². The molecule has 2 unspecified atom stereocenters. The van der Waals surface area contributed by atoms with Gasteiger partial charge in [-0.15, -0.1) is 0 Å². The van der Waals surface area contributed by atoms with Crippen LogP contribution < -0.4 is 0 Å². The fourth-order valence-electron chi connectivity index (χ4n) is 1.78. The molecule has 17 heavy (non-hydrogen) atoms. The van der Waals surface area contributed by atoms with E-state index in [1.54, 1.807) is 11.8 Å². The van der Waals surface area contributed by atoms with Gasteiger partial charge >= 0.3 is 0 Å². The summed E-state index contributed by atoms with van der Waals surface area (Å²) in [6.07, 6.45) is 0.654. The van der Waals surface area contributed by atoms with E-state index in [9.17, 15) is 4.79 Å². The van der Waals surface area contributed by atoms with Gasteiger partial charge in [-0.05, 0) is 13.3 Å². The van der Waals surface area contributed by atoms with E-state index < -0.39 is 0 Å². The molecule has 0 N–H and O–H groups in total. The molecule has 1 aromatic rings. The maximum Gasteiger partial charge on any atom is 0.238 e. The van der Waals surface area contributed by atoms with E-state index in [0.717, 1.165) is 12.2 Å². The Balaban J connectivity index is 2.11. The quantitative estimate of drug-likeness (QED) is 0.802. The number of ketones is 1. The lowest BCUT2D eigenvalue weighted by molar-refractivity contribution is -0.117. The molecule has 0 spiro atoms. The molecule has 0 radical (unpaired) electrons. The number of Topliss-reactive ketones (excluding diaryl/α,β-unsaturated/α-hetero) is 1. The van der Waals surface area contributed by atoms with Gasteiger partial charge in [-0.1, -0.05) is 12.1 Å². The number of nitrogens with zero attached hydrogens (tertiary/aromatic N) is 2. The molecule has 0 amide bonds. The lowest BCUT2D eigenvalue weighted by Crippen LogP contribution is -2.10. The molecule has 1 fully saturated rings. The highest BCUT2D eigenvalue weighted by Gasteiger charge is 2.32. The predicted molar refractivity (Wildman–Crippen MR) is 64.0 cm³/mol. The summed E-state index contributed by atoms with van der Waals surface area (Å²) in [7, 11) is 0. The van der Waals surface area contributed by atoms with Crippen molar-refractivity contribution < 1.29 is 14.1 Å². The van der Waals surface area contributed by atoms with Crippen molar-refractivity contribution in [3.63, 3.8) is 0 Å². The van der Waals surface area contributed by atoms with Gasteiger partial charge in [0.05, 0.1) is 5.75 Å². The van der Waals surface area contributed by atoms with Crippen molar-refractivity contribution in [3.8, 4) is 0 Å². The van der Waals surface area contributed by atoms with Crippen molar-refractivity contribution in [1.29, 1.82) is 0 Å². The summed E-state index contributed by atoms with van der Waals surface area (Å²) >= 11 is 1.61. The maximum atomic E-state index is 11.6. The van der Waals surface area contributed by atoms with Crippen LogP contribution in [0.1, 0.15) is 44.0 Å². The van der Waals surface area contributed by atoms with E-state index in [-0.39, 0.29) is 17.8 Å². The van der Waals surface area contributed by atoms with E-state index >= 15 is 0 Å². The topological polar surface area (TPSA) is 65.2 Å². The average molecular weight is 256 g/mol. The number of carbonyl (C=O) groups excluding carboxylic acids is 1. The van der Waals surface area contributed by atoms with Gasteiger partial charge in [-0.3, -0.25) is 4.79 Å². The van der Waals surface area contributed by atoms with Crippen LogP contribution in [0.3, 0.4) is 0 Å². The van der Waals surface area contributed by atoms with Crippen LogP contribution in [0, 0.1) is 0 Å². The predicted octanol–water partition coefficient (Wildman–Crippen LogP) is 1.96. The van der Waals surface area contributed by atoms with E-state index in [4.69, 9.17) is 9.26 Å². The van der Waals surface area contributed by atoms with Gasteiger partial charge in [0.15, 0.2) is 5.78 Å². The fourth-order valence-corrected chi connectivity index (χ4v) is 2.86. The first-order valence-electron chi connectivity index (χ1n) is 5.81. The zero-order chi connectivity index (χ0) is 12.3. The summed E-state index contributed by atoms with van der Waals surface area (Å²) in [4.78, 5) is 15.9. The molecule has 0 bridgehead atoms. The first kappa shape index (κ1) is 12.6. The molecule has 2 heterocycles. The molecular weight excluding hydrogens is 240 g/mol. The third-order valence-corrected chi connectivity index (χ3v) is 3.76. The highest BCUT2D eigenvalue weighted by Crippen LogP contribution is 2.29. The molecule has 0 aliphatic carbocycles. The number of rotatable bonds is 5. The normalized spacial score (nSPS) is 22.0. The molecular formula is C11H16N2O3S. The highest BCUT2D eigenvalue weighted by atomic mass is 32.2. The first-order chi connectivity index (χ1) is 8.26. The van der Waals surface area contributed by atoms with Gasteiger partial charge < -0.3 is 9.26 Å². The molecule has 6 heteroatoms. The third-order valence-electron chi connectivity index (χ3n) is 2.70. The van der Waals surface area contributed by atoms with Crippen LogP contribution in [-0.2, 0) is 9.53 Å². The monoisotopic (exact) mass is 256 g/mol. The number of hydrogen-bond acceptors (Lipinski definition) is 6. The summed E-state index contributed by atoms with van der Waals surface area (Å²) < 4.78 is 10.7. The van der Waals surface area contributed by atoms with Crippen LogP contribution in [0.4, 0.5) is 0 Å². The lowest BCUT2D eigenvalue weighted by atomic mass is 10.1. The molecule has 2 atom stereocenters. The Morgan fingerprint density at radius 1 is 1.59 bits per heavy atom. The molecule has 0 aromatic carbocycles. The maximum absolute atomic E-state index is 11.6. The number of carbonyl (C=O) groups is 1. The lowest BCUT2D eigenvalue weighted by Gasteiger charge is -2.09. The molecule has 0 saturated carbocycles. The SMILES string of the molecule is CCOC(CC)c1noc(C2CSCC2=O)n1. The van der Waals surface area contributed by atoms with Crippen LogP contribution in [0.15, 0.2) is 4.52 Å². The molecule has 1 aromatic heterocycles. The van der Waals surface area contributed by atoms with Gasteiger partial charge in [-0.2, -0.15) is 16.7 Å². The van der Waals surface area contributed by atoms with Gasteiger partial charge in [0.25, 0.3) is 0 Å². The smallest absolute Gasteiger partial charge is 0.238 e. The van der Waals surface area contributed by atoms with Gasteiger partial charge in [-0.25, -0.2) is 0 Å². The van der Waals surface area contributed by atoms with Crippen LogP contribution in [0.5, 0.6) is 0 Å². The Bertz CT molecular complexity index is 394.